The molecule has 2 rings (SSSR count). The van der Waals surface area contributed by atoms with Crippen LogP contribution < -0.4 is 10.1 Å². The highest BCUT2D eigenvalue weighted by molar-refractivity contribution is 14.0. The Morgan fingerprint density at radius 2 is 1.55 bits per heavy atom. The molecule has 2 aromatic carbocycles. The molecule has 1 amide bonds. The Kier molecular flexibility index (Phi) is 12.0. The Labute approximate surface area is 203 Å². The molecule has 0 aliphatic rings. The summed E-state index contributed by atoms with van der Waals surface area (Å²) in [6.07, 6.45) is 0. The number of nitrogens with zero attached hydrogens (tertiary/aromatic N) is 3. The molecule has 0 saturated carbocycles. The zero-order valence-corrected chi connectivity index (χ0v) is 21.6. The molecule has 0 heterocycles. The van der Waals surface area contributed by atoms with Crippen molar-refractivity contribution in [1.82, 2.24) is 15.1 Å². The zero-order valence-electron chi connectivity index (χ0n) is 19.2. The summed E-state index contributed by atoms with van der Waals surface area (Å²) in [6.45, 7) is 9.45. The molecule has 0 aliphatic heterocycles. The summed E-state index contributed by atoms with van der Waals surface area (Å²) in [6, 6.07) is 15.9. The van der Waals surface area contributed by atoms with E-state index in [0.29, 0.717) is 13.2 Å². The maximum absolute atomic E-state index is 12.4. The number of hydrogen-bond donors (Lipinski definition) is 1. The molecule has 0 atom stereocenters. The summed E-state index contributed by atoms with van der Waals surface area (Å²) in [5.41, 5.74) is 3.00. The van der Waals surface area contributed by atoms with Gasteiger partial charge < -0.3 is 19.9 Å². The normalized spacial score (nSPS) is 10.8. The van der Waals surface area contributed by atoms with Crippen molar-refractivity contribution in [1.29, 1.82) is 0 Å². The van der Waals surface area contributed by atoms with Gasteiger partial charge in [-0.15, -0.1) is 24.0 Å². The van der Waals surface area contributed by atoms with Crippen LogP contribution in [0.25, 0.3) is 0 Å². The van der Waals surface area contributed by atoms with Gasteiger partial charge in [0, 0.05) is 45.8 Å². The highest BCUT2D eigenvalue weighted by Gasteiger charge is 2.12. The van der Waals surface area contributed by atoms with Gasteiger partial charge in [0.05, 0.1) is 6.61 Å². The van der Waals surface area contributed by atoms with Crippen LogP contribution in [-0.4, -0.2) is 55.5 Å². The minimum Gasteiger partial charge on any atom is -0.494 e. The monoisotopic (exact) mass is 538 g/mol. The molecular formula is C24H35IN4O2. The first kappa shape index (κ1) is 26.7. The minimum atomic E-state index is 0. The van der Waals surface area contributed by atoms with Gasteiger partial charge in [-0.25, -0.2) is 0 Å². The van der Waals surface area contributed by atoms with Crippen molar-refractivity contribution in [3.8, 4) is 5.75 Å². The van der Waals surface area contributed by atoms with Crippen molar-refractivity contribution < 1.29 is 9.53 Å². The Bertz CT molecular complexity index is 818. The smallest absolute Gasteiger partial charge is 0.253 e. The molecule has 0 unspecified atom stereocenters. The van der Waals surface area contributed by atoms with E-state index >= 15 is 0 Å². The number of amides is 1. The molecule has 0 saturated heterocycles. The van der Waals surface area contributed by atoms with E-state index in [1.165, 1.54) is 5.56 Å². The van der Waals surface area contributed by atoms with Gasteiger partial charge in [0.1, 0.15) is 5.75 Å². The summed E-state index contributed by atoms with van der Waals surface area (Å²) in [7, 11) is 3.79. The van der Waals surface area contributed by atoms with E-state index in [0.717, 1.165) is 42.5 Å². The summed E-state index contributed by atoms with van der Waals surface area (Å²) in [5.74, 6) is 1.77. The fourth-order valence-corrected chi connectivity index (χ4v) is 3.23. The van der Waals surface area contributed by atoms with Crippen LogP contribution in [0, 0.1) is 0 Å². The summed E-state index contributed by atoms with van der Waals surface area (Å²) in [5, 5.41) is 3.39. The quantitative estimate of drug-likeness (QED) is 0.292. The second-order valence-corrected chi connectivity index (χ2v) is 7.01. The maximum Gasteiger partial charge on any atom is 0.253 e. The molecule has 31 heavy (non-hydrogen) atoms. The van der Waals surface area contributed by atoms with Crippen molar-refractivity contribution in [2.45, 2.75) is 33.9 Å². The molecule has 0 aromatic heterocycles. The predicted molar refractivity (Wildman–Crippen MR) is 138 cm³/mol. The van der Waals surface area contributed by atoms with E-state index in [2.05, 4.69) is 27.3 Å². The third-order valence-corrected chi connectivity index (χ3v) is 4.93. The number of carbonyl (C=O) groups is 1. The fourth-order valence-electron chi connectivity index (χ4n) is 3.23. The summed E-state index contributed by atoms with van der Waals surface area (Å²) >= 11 is 0. The fraction of sp³-hybridized carbons (Fsp3) is 0.417. The predicted octanol–water partition coefficient (Wildman–Crippen LogP) is 4.39. The van der Waals surface area contributed by atoms with Gasteiger partial charge in [-0.2, -0.15) is 0 Å². The van der Waals surface area contributed by atoms with Crippen molar-refractivity contribution in [2.24, 2.45) is 4.99 Å². The average Bonchev–Trinajstić information content (AvgIpc) is 2.77. The van der Waals surface area contributed by atoms with Crippen LogP contribution in [0.15, 0.2) is 53.5 Å². The van der Waals surface area contributed by atoms with Crippen molar-refractivity contribution in [2.75, 3.05) is 33.8 Å². The molecule has 1 N–H and O–H groups in total. The molecule has 0 aliphatic carbocycles. The molecular weight excluding hydrogens is 503 g/mol. The van der Waals surface area contributed by atoms with Gasteiger partial charge in [0.25, 0.3) is 5.91 Å². The first-order valence-corrected chi connectivity index (χ1v) is 10.5. The molecule has 0 bridgehead atoms. The number of carbonyl (C=O) groups excluding carboxylic acids is 1. The van der Waals surface area contributed by atoms with Gasteiger partial charge in [0.2, 0.25) is 0 Å². The maximum atomic E-state index is 12.4. The molecule has 170 valence electrons. The van der Waals surface area contributed by atoms with Crippen LogP contribution >= 0.6 is 24.0 Å². The van der Waals surface area contributed by atoms with E-state index in [1.807, 2.05) is 69.1 Å². The molecule has 0 radical (unpaired) electrons. The van der Waals surface area contributed by atoms with Crippen LogP contribution in [0.1, 0.15) is 42.3 Å². The lowest BCUT2D eigenvalue weighted by Gasteiger charge is -2.22. The topological polar surface area (TPSA) is 57.2 Å². The van der Waals surface area contributed by atoms with Gasteiger partial charge in [-0.3, -0.25) is 9.79 Å². The Morgan fingerprint density at radius 3 is 2.06 bits per heavy atom. The lowest BCUT2D eigenvalue weighted by atomic mass is 10.1. The highest BCUT2D eigenvalue weighted by Crippen LogP contribution is 2.13. The second-order valence-electron chi connectivity index (χ2n) is 7.01. The number of nitrogens with one attached hydrogen (secondary N) is 1. The van der Waals surface area contributed by atoms with Crippen LogP contribution in [0.4, 0.5) is 0 Å². The van der Waals surface area contributed by atoms with Crippen LogP contribution in [-0.2, 0) is 13.1 Å². The van der Waals surface area contributed by atoms with E-state index in [1.54, 1.807) is 7.05 Å². The number of ether oxygens (including phenoxy) is 1. The number of benzene rings is 2. The van der Waals surface area contributed by atoms with Gasteiger partial charge in [-0.1, -0.05) is 24.3 Å². The van der Waals surface area contributed by atoms with E-state index in [4.69, 9.17) is 4.74 Å². The number of guanidine groups is 1. The Balaban J connectivity index is 0.00000480. The average molecular weight is 538 g/mol. The summed E-state index contributed by atoms with van der Waals surface area (Å²) < 4.78 is 5.50. The van der Waals surface area contributed by atoms with Crippen molar-refractivity contribution in [3.05, 3.63) is 65.2 Å². The highest BCUT2D eigenvalue weighted by atomic mass is 127. The van der Waals surface area contributed by atoms with Gasteiger partial charge in [0.15, 0.2) is 5.96 Å². The molecule has 0 fully saturated rings. The number of aliphatic imine (C=N–C) groups is 1. The summed E-state index contributed by atoms with van der Waals surface area (Å²) in [4.78, 5) is 20.7. The second kappa shape index (κ2) is 13.9. The van der Waals surface area contributed by atoms with E-state index < -0.39 is 0 Å². The molecule has 7 heteroatoms. The third kappa shape index (κ3) is 8.05. The van der Waals surface area contributed by atoms with Crippen molar-refractivity contribution >= 4 is 35.8 Å². The van der Waals surface area contributed by atoms with Gasteiger partial charge >= 0.3 is 0 Å². The van der Waals surface area contributed by atoms with Crippen LogP contribution in [0.5, 0.6) is 5.75 Å². The standard InChI is InChI=1S/C24H34N4O2.HI/c1-6-28(7-2)23(29)21-13-9-19(10-14-21)17-26-24(25-4)27(5)18-20-11-15-22(16-12-20)30-8-3;/h9-16H,6-8,17-18H2,1-5H3,(H,25,26);1H. The van der Waals surface area contributed by atoms with E-state index in [9.17, 15) is 4.79 Å². The number of halogens is 1. The number of hydrogen-bond acceptors (Lipinski definition) is 3. The first-order chi connectivity index (χ1) is 14.5. The largest absolute Gasteiger partial charge is 0.494 e. The van der Waals surface area contributed by atoms with Gasteiger partial charge in [-0.05, 0) is 56.2 Å². The minimum absolute atomic E-state index is 0. The number of rotatable bonds is 9. The molecule has 2 aromatic rings. The molecule has 6 nitrogen and oxygen atoms in total. The van der Waals surface area contributed by atoms with Crippen LogP contribution in [0.2, 0.25) is 0 Å². The zero-order chi connectivity index (χ0) is 21.9. The first-order valence-electron chi connectivity index (χ1n) is 10.5. The third-order valence-electron chi connectivity index (χ3n) is 4.93. The Hall–Kier alpha value is -2.29. The Morgan fingerprint density at radius 1 is 0.968 bits per heavy atom. The lowest BCUT2D eigenvalue weighted by Crippen LogP contribution is -2.38. The van der Waals surface area contributed by atoms with Crippen molar-refractivity contribution in [3.63, 3.8) is 0 Å². The van der Waals surface area contributed by atoms with E-state index in [-0.39, 0.29) is 29.9 Å². The molecule has 0 spiro atoms. The van der Waals surface area contributed by atoms with Crippen LogP contribution in [0.3, 0.4) is 0 Å². The SMILES string of the molecule is CCOc1ccc(CN(C)C(=NC)NCc2ccc(C(=O)N(CC)CC)cc2)cc1.I. The lowest BCUT2D eigenvalue weighted by molar-refractivity contribution is 0.0773.